The molecule has 0 saturated heterocycles. The Morgan fingerprint density at radius 2 is 1.74 bits per heavy atom. The lowest BCUT2D eigenvalue weighted by Gasteiger charge is -2.16. The summed E-state index contributed by atoms with van der Waals surface area (Å²) in [4.78, 5) is 0. The first-order valence-electron chi connectivity index (χ1n) is 5.80. The molecule has 0 aromatic heterocycles. The molecule has 1 aromatic carbocycles. The Kier molecular flexibility index (Phi) is 8.30. The number of benzene rings is 1. The highest BCUT2D eigenvalue weighted by atomic mass is 35.5. The zero-order chi connectivity index (χ0) is 13.5. The van der Waals surface area contributed by atoms with E-state index in [0.717, 1.165) is 5.56 Å². The molecular weight excluding hydrogens is 270 g/mol. The molecule has 6 heteroatoms. The standard InChI is InChI=1S/C13H21NO4.ClH/c1-9(15)7-14-8-10-5-6-11(16-2)13(18-4)12(10)17-3;/h5-6,9,14-15H,7-8H2,1-4H3;1H. The smallest absolute Gasteiger partial charge is 0.203 e. The van der Waals surface area contributed by atoms with Crippen LogP contribution in [0.3, 0.4) is 0 Å². The number of methoxy groups -OCH3 is 3. The number of aliphatic hydroxyl groups excluding tert-OH is 1. The minimum Gasteiger partial charge on any atom is -0.493 e. The van der Waals surface area contributed by atoms with Crippen molar-refractivity contribution in [3.63, 3.8) is 0 Å². The Bertz CT molecular complexity index is 385. The van der Waals surface area contributed by atoms with Gasteiger partial charge in [0, 0.05) is 18.7 Å². The molecule has 1 atom stereocenters. The van der Waals surface area contributed by atoms with Gasteiger partial charge in [0.05, 0.1) is 27.4 Å². The van der Waals surface area contributed by atoms with E-state index in [9.17, 15) is 5.11 Å². The third kappa shape index (κ3) is 4.78. The van der Waals surface area contributed by atoms with Gasteiger partial charge in [0.1, 0.15) is 0 Å². The van der Waals surface area contributed by atoms with Gasteiger partial charge < -0.3 is 24.6 Å². The highest BCUT2D eigenvalue weighted by molar-refractivity contribution is 5.85. The van der Waals surface area contributed by atoms with Crippen LogP contribution in [0.25, 0.3) is 0 Å². The van der Waals surface area contributed by atoms with Crippen molar-refractivity contribution >= 4 is 12.4 Å². The van der Waals surface area contributed by atoms with Crippen LogP contribution in [0.4, 0.5) is 0 Å². The highest BCUT2D eigenvalue weighted by Gasteiger charge is 2.15. The van der Waals surface area contributed by atoms with E-state index in [2.05, 4.69) is 5.32 Å². The van der Waals surface area contributed by atoms with Crippen molar-refractivity contribution in [2.45, 2.75) is 19.6 Å². The zero-order valence-electron chi connectivity index (χ0n) is 11.7. The normalized spacial score (nSPS) is 11.4. The summed E-state index contributed by atoms with van der Waals surface area (Å²) in [7, 11) is 4.76. The fourth-order valence-electron chi connectivity index (χ4n) is 1.72. The molecule has 1 unspecified atom stereocenters. The average molecular weight is 292 g/mol. The summed E-state index contributed by atoms with van der Waals surface area (Å²) >= 11 is 0. The summed E-state index contributed by atoms with van der Waals surface area (Å²) in [5, 5.41) is 12.3. The predicted octanol–water partition coefficient (Wildman–Crippen LogP) is 1.60. The molecule has 1 aromatic rings. The van der Waals surface area contributed by atoms with E-state index in [1.807, 2.05) is 12.1 Å². The van der Waals surface area contributed by atoms with Gasteiger partial charge in [0.25, 0.3) is 0 Å². The Labute approximate surface area is 120 Å². The van der Waals surface area contributed by atoms with Crippen molar-refractivity contribution in [1.29, 1.82) is 0 Å². The number of hydrogen-bond acceptors (Lipinski definition) is 5. The van der Waals surface area contributed by atoms with E-state index in [-0.39, 0.29) is 18.5 Å². The molecule has 0 aliphatic heterocycles. The van der Waals surface area contributed by atoms with E-state index in [1.165, 1.54) is 0 Å². The molecule has 1 rings (SSSR count). The predicted molar refractivity (Wildman–Crippen MR) is 76.7 cm³/mol. The van der Waals surface area contributed by atoms with Crippen molar-refractivity contribution in [2.24, 2.45) is 0 Å². The van der Waals surface area contributed by atoms with Gasteiger partial charge in [0.15, 0.2) is 11.5 Å². The monoisotopic (exact) mass is 291 g/mol. The Hall–Kier alpha value is -1.17. The summed E-state index contributed by atoms with van der Waals surface area (Å²) < 4.78 is 15.9. The first kappa shape index (κ1) is 17.8. The van der Waals surface area contributed by atoms with Crippen molar-refractivity contribution in [3.05, 3.63) is 17.7 Å². The van der Waals surface area contributed by atoms with E-state index in [0.29, 0.717) is 30.3 Å². The third-order valence-electron chi connectivity index (χ3n) is 2.54. The maximum Gasteiger partial charge on any atom is 0.203 e. The summed E-state index contributed by atoms with van der Waals surface area (Å²) in [5.41, 5.74) is 0.954. The fourth-order valence-corrected chi connectivity index (χ4v) is 1.72. The molecule has 0 saturated carbocycles. The number of hydrogen-bond donors (Lipinski definition) is 2. The molecule has 0 radical (unpaired) electrons. The van der Waals surface area contributed by atoms with Crippen LogP contribution in [-0.4, -0.2) is 39.1 Å². The molecule has 0 bridgehead atoms. The fraction of sp³-hybridized carbons (Fsp3) is 0.538. The van der Waals surface area contributed by atoms with Crippen LogP contribution in [0.15, 0.2) is 12.1 Å². The zero-order valence-corrected chi connectivity index (χ0v) is 12.5. The molecule has 0 spiro atoms. The quantitative estimate of drug-likeness (QED) is 0.799. The molecule has 0 aliphatic rings. The van der Waals surface area contributed by atoms with Gasteiger partial charge in [-0.2, -0.15) is 0 Å². The van der Waals surface area contributed by atoms with Gasteiger partial charge in [0.2, 0.25) is 5.75 Å². The number of aliphatic hydroxyl groups is 1. The Morgan fingerprint density at radius 3 is 2.21 bits per heavy atom. The molecule has 2 N–H and O–H groups in total. The topological polar surface area (TPSA) is 60.0 Å². The second kappa shape index (κ2) is 8.85. The maximum atomic E-state index is 9.20. The van der Waals surface area contributed by atoms with Crippen LogP contribution in [0, 0.1) is 0 Å². The van der Waals surface area contributed by atoms with Crippen molar-refractivity contribution < 1.29 is 19.3 Å². The van der Waals surface area contributed by atoms with Gasteiger partial charge in [-0.3, -0.25) is 0 Å². The molecule has 19 heavy (non-hydrogen) atoms. The van der Waals surface area contributed by atoms with Gasteiger partial charge in [-0.1, -0.05) is 6.07 Å². The molecular formula is C13H22ClNO4. The molecule has 0 heterocycles. The number of nitrogens with one attached hydrogen (secondary N) is 1. The third-order valence-corrected chi connectivity index (χ3v) is 2.54. The molecule has 0 fully saturated rings. The summed E-state index contributed by atoms with van der Waals surface area (Å²) in [6.07, 6.45) is -0.379. The first-order valence-corrected chi connectivity index (χ1v) is 5.80. The van der Waals surface area contributed by atoms with E-state index in [4.69, 9.17) is 14.2 Å². The van der Waals surface area contributed by atoms with Crippen molar-refractivity contribution in [1.82, 2.24) is 5.32 Å². The van der Waals surface area contributed by atoms with Gasteiger partial charge in [-0.25, -0.2) is 0 Å². The lowest BCUT2D eigenvalue weighted by atomic mass is 10.1. The van der Waals surface area contributed by atoms with Gasteiger partial charge in [-0.05, 0) is 13.0 Å². The Balaban J connectivity index is 0.00000324. The lowest BCUT2D eigenvalue weighted by molar-refractivity contribution is 0.190. The van der Waals surface area contributed by atoms with Crippen LogP contribution in [0.2, 0.25) is 0 Å². The van der Waals surface area contributed by atoms with E-state index in [1.54, 1.807) is 28.3 Å². The summed E-state index contributed by atoms with van der Waals surface area (Å²) in [6, 6.07) is 3.75. The molecule has 0 aliphatic carbocycles. The van der Waals surface area contributed by atoms with Crippen LogP contribution in [-0.2, 0) is 6.54 Å². The molecule has 0 amide bonds. The lowest BCUT2D eigenvalue weighted by Crippen LogP contribution is -2.24. The van der Waals surface area contributed by atoms with Crippen LogP contribution in [0.5, 0.6) is 17.2 Å². The summed E-state index contributed by atoms with van der Waals surface area (Å²) in [5.74, 6) is 1.86. The number of ether oxygens (including phenoxy) is 3. The molecule has 110 valence electrons. The van der Waals surface area contributed by atoms with Gasteiger partial charge >= 0.3 is 0 Å². The number of rotatable bonds is 7. The SMILES string of the molecule is COc1ccc(CNCC(C)O)c(OC)c1OC.Cl. The van der Waals surface area contributed by atoms with Gasteiger partial charge in [-0.15, -0.1) is 12.4 Å². The first-order chi connectivity index (χ1) is 8.63. The second-order valence-electron chi connectivity index (χ2n) is 3.97. The van der Waals surface area contributed by atoms with Crippen LogP contribution < -0.4 is 19.5 Å². The largest absolute Gasteiger partial charge is 0.493 e. The molecule has 5 nitrogen and oxygen atoms in total. The summed E-state index contributed by atoms with van der Waals surface area (Å²) in [6.45, 7) is 2.85. The average Bonchev–Trinajstić information content (AvgIpc) is 2.37. The Morgan fingerprint density at radius 1 is 1.11 bits per heavy atom. The maximum absolute atomic E-state index is 9.20. The highest BCUT2D eigenvalue weighted by Crippen LogP contribution is 2.39. The van der Waals surface area contributed by atoms with Crippen LogP contribution in [0.1, 0.15) is 12.5 Å². The van der Waals surface area contributed by atoms with E-state index < -0.39 is 0 Å². The minimum atomic E-state index is -0.379. The van der Waals surface area contributed by atoms with Crippen molar-refractivity contribution in [2.75, 3.05) is 27.9 Å². The minimum absolute atomic E-state index is 0. The number of halogens is 1. The van der Waals surface area contributed by atoms with E-state index >= 15 is 0 Å². The van der Waals surface area contributed by atoms with Crippen LogP contribution >= 0.6 is 12.4 Å². The van der Waals surface area contributed by atoms with Crippen molar-refractivity contribution in [3.8, 4) is 17.2 Å². The second-order valence-corrected chi connectivity index (χ2v) is 3.97.